The van der Waals surface area contributed by atoms with Crippen LogP contribution in [0.1, 0.15) is 22.3 Å². The van der Waals surface area contributed by atoms with Crippen molar-refractivity contribution in [3.05, 3.63) is 97.9 Å². The van der Waals surface area contributed by atoms with Crippen LogP contribution >= 0.6 is 31.9 Å². The Morgan fingerprint density at radius 1 is 0.941 bits per heavy atom. The fourth-order valence-electron chi connectivity index (χ4n) is 3.77. The van der Waals surface area contributed by atoms with Crippen LogP contribution in [-0.2, 0) is 22.6 Å². The number of carbonyl (C=O) groups is 2. The SMILES string of the molecule is CNC(=O)[C@@H](Cc1ccccc1)N(Cc1cccc(Br)c1)C(=O)COc1cc(C)c(Br)c(C)c1. The molecule has 5 nitrogen and oxygen atoms in total. The van der Waals surface area contributed by atoms with Gasteiger partial charge in [0, 0.05) is 29.0 Å². The molecule has 1 atom stereocenters. The van der Waals surface area contributed by atoms with E-state index in [4.69, 9.17) is 4.74 Å². The zero-order valence-corrected chi connectivity index (χ0v) is 22.6. The van der Waals surface area contributed by atoms with E-state index in [0.29, 0.717) is 12.2 Å². The Labute approximate surface area is 217 Å². The number of hydrogen-bond donors (Lipinski definition) is 1. The molecular weight excluding hydrogens is 560 g/mol. The maximum absolute atomic E-state index is 13.5. The van der Waals surface area contributed by atoms with Crippen LogP contribution in [0.5, 0.6) is 5.75 Å². The molecule has 0 unspecified atom stereocenters. The first-order valence-corrected chi connectivity index (χ1v) is 12.6. The van der Waals surface area contributed by atoms with E-state index in [1.54, 1.807) is 11.9 Å². The van der Waals surface area contributed by atoms with E-state index in [1.807, 2.05) is 80.6 Å². The van der Waals surface area contributed by atoms with Gasteiger partial charge in [0.25, 0.3) is 5.91 Å². The minimum Gasteiger partial charge on any atom is -0.484 e. The van der Waals surface area contributed by atoms with Gasteiger partial charge in [-0.1, -0.05) is 74.3 Å². The zero-order valence-electron chi connectivity index (χ0n) is 19.5. The summed E-state index contributed by atoms with van der Waals surface area (Å²) in [4.78, 5) is 28.1. The van der Waals surface area contributed by atoms with Crippen molar-refractivity contribution in [2.45, 2.75) is 32.9 Å². The van der Waals surface area contributed by atoms with Gasteiger partial charge in [-0.25, -0.2) is 0 Å². The number of hydrogen-bond acceptors (Lipinski definition) is 3. The van der Waals surface area contributed by atoms with Crippen molar-refractivity contribution in [2.24, 2.45) is 0 Å². The highest BCUT2D eigenvalue weighted by Crippen LogP contribution is 2.26. The van der Waals surface area contributed by atoms with E-state index in [-0.39, 0.29) is 25.0 Å². The topological polar surface area (TPSA) is 58.6 Å². The predicted molar refractivity (Wildman–Crippen MR) is 142 cm³/mol. The highest BCUT2D eigenvalue weighted by atomic mass is 79.9. The predicted octanol–water partition coefficient (Wildman–Crippen LogP) is 5.59. The van der Waals surface area contributed by atoms with Crippen LogP contribution in [0.3, 0.4) is 0 Å². The molecule has 0 aliphatic rings. The van der Waals surface area contributed by atoms with Gasteiger partial charge in [0.05, 0.1) is 0 Å². The van der Waals surface area contributed by atoms with Crippen LogP contribution in [0.4, 0.5) is 0 Å². The number of ether oxygens (including phenoxy) is 1. The molecule has 0 bridgehead atoms. The maximum Gasteiger partial charge on any atom is 0.261 e. The maximum atomic E-state index is 13.5. The Balaban J connectivity index is 1.89. The van der Waals surface area contributed by atoms with E-state index in [1.165, 1.54) is 0 Å². The highest BCUT2D eigenvalue weighted by Gasteiger charge is 2.30. The average molecular weight is 588 g/mol. The van der Waals surface area contributed by atoms with Crippen molar-refractivity contribution < 1.29 is 14.3 Å². The number of nitrogens with one attached hydrogen (secondary N) is 1. The summed E-state index contributed by atoms with van der Waals surface area (Å²) in [6, 6.07) is 20.5. The number of aryl methyl sites for hydroxylation is 2. The summed E-state index contributed by atoms with van der Waals surface area (Å²) >= 11 is 7.05. The van der Waals surface area contributed by atoms with Crippen LogP contribution in [0.15, 0.2) is 75.7 Å². The Hall–Kier alpha value is -2.64. The van der Waals surface area contributed by atoms with Gasteiger partial charge in [-0.3, -0.25) is 9.59 Å². The molecule has 0 saturated heterocycles. The van der Waals surface area contributed by atoms with Gasteiger partial charge in [-0.05, 0) is 60.4 Å². The van der Waals surface area contributed by atoms with Crippen molar-refractivity contribution in [1.29, 1.82) is 0 Å². The summed E-state index contributed by atoms with van der Waals surface area (Å²) < 4.78 is 7.82. The van der Waals surface area contributed by atoms with Crippen molar-refractivity contribution >= 4 is 43.7 Å². The van der Waals surface area contributed by atoms with Gasteiger partial charge in [-0.2, -0.15) is 0 Å². The molecule has 0 spiro atoms. The first kappa shape index (κ1) is 26.0. The highest BCUT2D eigenvalue weighted by molar-refractivity contribution is 9.10. The van der Waals surface area contributed by atoms with Gasteiger partial charge in [-0.15, -0.1) is 0 Å². The van der Waals surface area contributed by atoms with E-state index in [2.05, 4.69) is 37.2 Å². The molecule has 178 valence electrons. The van der Waals surface area contributed by atoms with Crippen molar-refractivity contribution in [3.8, 4) is 5.75 Å². The minimum absolute atomic E-state index is 0.170. The first-order chi connectivity index (χ1) is 16.3. The Bertz CT molecular complexity index is 1130. The number of nitrogens with zero attached hydrogens (tertiary/aromatic N) is 1. The number of amides is 2. The summed E-state index contributed by atoms with van der Waals surface area (Å²) in [5.74, 6) is 0.138. The van der Waals surface area contributed by atoms with Gasteiger partial charge < -0.3 is 15.0 Å². The molecule has 3 rings (SSSR count). The van der Waals surface area contributed by atoms with Gasteiger partial charge >= 0.3 is 0 Å². The molecule has 0 heterocycles. The van der Waals surface area contributed by atoms with Gasteiger partial charge in [0.1, 0.15) is 11.8 Å². The third kappa shape index (κ3) is 6.93. The second kappa shape index (κ2) is 12.2. The Kier molecular flexibility index (Phi) is 9.30. The van der Waals surface area contributed by atoms with Crippen molar-refractivity contribution in [2.75, 3.05) is 13.7 Å². The van der Waals surface area contributed by atoms with Crippen LogP contribution in [-0.4, -0.2) is 36.4 Å². The molecule has 0 aliphatic heterocycles. The van der Waals surface area contributed by atoms with Gasteiger partial charge in [0.15, 0.2) is 6.61 Å². The Morgan fingerprint density at radius 3 is 2.21 bits per heavy atom. The second-order valence-corrected chi connectivity index (χ2v) is 9.84. The fourth-order valence-corrected chi connectivity index (χ4v) is 4.45. The van der Waals surface area contributed by atoms with Crippen LogP contribution in [0.2, 0.25) is 0 Å². The molecule has 1 N–H and O–H groups in total. The third-order valence-corrected chi connectivity index (χ3v) is 7.28. The molecule has 0 saturated carbocycles. The molecule has 0 fully saturated rings. The Morgan fingerprint density at radius 2 is 1.59 bits per heavy atom. The summed E-state index contributed by atoms with van der Waals surface area (Å²) in [6.07, 6.45) is 0.400. The summed E-state index contributed by atoms with van der Waals surface area (Å²) in [5, 5.41) is 2.72. The lowest BCUT2D eigenvalue weighted by molar-refractivity contribution is -0.142. The average Bonchev–Trinajstić information content (AvgIpc) is 2.83. The van der Waals surface area contributed by atoms with Crippen LogP contribution in [0, 0.1) is 13.8 Å². The number of carbonyl (C=O) groups excluding carboxylic acids is 2. The zero-order chi connectivity index (χ0) is 24.7. The lowest BCUT2D eigenvalue weighted by Crippen LogP contribution is -2.51. The van der Waals surface area contributed by atoms with Gasteiger partial charge in [0.2, 0.25) is 5.91 Å². The van der Waals surface area contributed by atoms with E-state index < -0.39 is 6.04 Å². The molecule has 2 amide bonds. The smallest absolute Gasteiger partial charge is 0.261 e. The molecule has 34 heavy (non-hydrogen) atoms. The van der Waals surface area contributed by atoms with E-state index in [9.17, 15) is 9.59 Å². The number of benzene rings is 3. The summed E-state index contributed by atoms with van der Waals surface area (Å²) in [7, 11) is 1.59. The van der Waals surface area contributed by atoms with Crippen molar-refractivity contribution in [3.63, 3.8) is 0 Å². The van der Waals surface area contributed by atoms with Crippen LogP contribution < -0.4 is 10.1 Å². The molecule has 0 aliphatic carbocycles. The number of likely N-dealkylation sites (N-methyl/N-ethyl adjacent to an activating group) is 1. The monoisotopic (exact) mass is 586 g/mol. The molecule has 3 aromatic rings. The number of rotatable bonds is 9. The normalized spacial score (nSPS) is 11.6. The largest absolute Gasteiger partial charge is 0.484 e. The molecule has 7 heteroatoms. The second-order valence-electron chi connectivity index (χ2n) is 8.13. The lowest BCUT2D eigenvalue weighted by Gasteiger charge is -2.31. The quantitative estimate of drug-likeness (QED) is 0.355. The van der Waals surface area contributed by atoms with Crippen LogP contribution in [0.25, 0.3) is 0 Å². The van der Waals surface area contributed by atoms with Crippen molar-refractivity contribution in [1.82, 2.24) is 10.2 Å². The van der Waals surface area contributed by atoms with E-state index in [0.717, 1.165) is 31.2 Å². The summed E-state index contributed by atoms with van der Waals surface area (Å²) in [6.45, 7) is 4.07. The minimum atomic E-state index is -0.684. The molecule has 0 aromatic heterocycles. The van der Waals surface area contributed by atoms with E-state index >= 15 is 0 Å². The lowest BCUT2D eigenvalue weighted by atomic mass is 10.0. The molecular formula is C27H28Br2N2O3. The molecule has 3 aromatic carbocycles. The fraction of sp³-hybridized carbons (Fsp3) is 0.259. The summed E-state index contributed by atoms with van der Waals surface area (Å²) in [5.41, 5.74) is 3.95. The standard InChI is InChI=1S/C27H28Br2N2O3/c1-18-12-23(13-19(2)26(18)29)34-17-25(32)31(16-21-10-7-11-22(28)14-21)24(27(33)30-3)15-20-8-5-4-6-9-20/h4-14,24H,15-17H2,1-3H3,(H,30,33)/t24-/m1/s1. The third-order valence-electron chi connectivity index (χ3n) is 5.53. The molecule has 0 radical (unpaired) electrons. The number of halogens is 2. The first-order valence-electron chi connectivity index (χ1n) is 11.0.